The van der Waals surface area contributed by atoms with Crippen LogP contribution in [-0.4, -0.2) is 39.8 Å². The average molecular weight is 485 g/mol. The fourth-order valence-corrected chi connectivity index (χ4v) is 9.01. The SMILES string of the molecule is CC(C)C=CC(=O)C(O)C1C(C)CC2C1(C)CC(=O)C1(C)C3CC(O)C(=O)C(C)(C)C3=CCC21C. The van der Waals surface area contributed by atoms with Crippen LogP contribution in [-0.2, 0) is 14.4 Å². The molecule has 3 fully saturated rings. The lowest BCUT2D eigenvalue weighted by Gasteiger charge is -2.65. The summed E-state index contributed by atoms with van der Waals surface area (Å²) in [5, 5.41) is 22.0. The second-order valence-electron chi connectivity index (χ2n) is 13.6. The number of carbonyl (C=O) groups is 3. The number of Topliss-reactive ketones (excluding diaryl/α,β-unsaturated/α-hetero) is 2. The highest BCUT2D eigenvalue weighted by atomic mass is 16.3. The van der Waals surface area contributed by atoms with Crippen LogP contribution in [0.25, 0.3) is 0 Å². The molecule has 194 valence electrons. The molecule has 5 nitrogen and oxygen atoms in total. The zero-order chi connectivity index (χ0) is 26.3. The van der Waals surface area contributed by atoms with Gasteiger partial charge in [-0.3, -0.25) is 14.4 Å². The molecule has 0 aromatic heterocycles. The Morgan fingerprint density at radius 1 is 1.11 bits per heavy atom. The van der Waals surface area contributed by atoms with Crippen LogP contribution in [0.2, 0.25) is 0 Å². The molecule has 0 aromatic carbocycles. The quantitative estimate of drug-likeness (QED) is 0.446. The summed E-state index contributed by atoms with van der Waals surface area (Å²) in [6.07, 6.45) is 5.45. The number of aliphatic hydroxyl groups is 2. The van der Waals surface area contributed by atoms with Crippen molar-refractivity contribution in [2.45, 2.75) is 93.3 Å². The van der Waals surface area contributed by atoms with Gasteiger partial charge in [0.25, 0.3) is 0 Å². The molecule has 35 heavy (non-hydrogen) atoms. The Balaban J connectivity index is 1.78. The lowest BCUT2D eigenvalue weighted by molar-refractivity contribution is -0.179. The molecule has 0 bridgehead atoms. The first kappa shape index (κ1) is 26.5. The van der Waals surface area contributed by atoms with Crippen LogP contribution in [0.15, 0.2) is 23.8 Å². The Labute approximate surface area is 210 Å². The standard InChI is InChI=1S/C30H44O5/c1-16(2)9-10-20(31)25(34)24-17(3)13-22-28(24,6)15-23(33)30(8)19-14-21(32)26(35)27(4,5)18(19)11-12-29(22,30)7/h9-11,16-17,19,21-22,24-25,32,34H,12-15H2,1-8H3. The Bertz CT molecular complexity index is 1000. The van der Waals surface area contributed by atoms with E-state index in [1.165, 1.54) is 6.08 Å². The van der Waals surface area contributed by atoms with Crippen LogP contribution in [0.1, 0.15) is 81.1 Å². The number of hydrogen-bond acceptors (Lipinski definition) is 5. The highest BCUT2D eigenvalue weighted by Gasteiger charge is 2.72. The number of rotatable bonds is 4. The van der Waals surface area contributed by atoms with Crippen LogP contribution < -0.4 is 0 Å². The van der Waals surface area contributed by atoms with Gasteiger partial charge in [-0.25, -0.2) is 0 Å². The van der Waals surface area contributed by atoms with Gasteiger partial charge in [0.1, 0.15) is 18.0 Å². The lowest BCUT2D eigenvalue weighted by Crippen LogP contribution is -2.65. The van der Waals surface area contributed by atoms with Gasteiger partial charge in [-0.15, -0.1) is 0 Å². The van der Waals surface area contributed by atoms with Gasteiger partial charge in [-0.1, -0.05) is 59.3 Å². The number of allylic oxidation sites excluding steroid dienone is 3. The lowest BCUT2D eigenvalue weighted by atomic mass is 9.37. The molecule has 9 unspecified atom stereocenters. The summed E-state index contributed by atoms with van der Waals surface area (Å²) in [6.45, 7) is 16.2. The third kappa shape index (κ3) is 3.43. The van der Waals surface area contributed by atoms with Gasteiger partial charge in [-0.2, -0.15) is 0 Å². The first-order valence-corrected chi connectivity index (χ1v) is 13.4. The third-order valence-electron chi connectivity index (χ3n) is 11.0. The van der Waals surface area contributed by atoms with Gasteiger partial charge in [0.15, 0.2) is 11.6 Å². The van der Waals surface area contributed by atoms with Crippen LogP contribution in [0.4, 0.5) is 0 Å². The van der Waals surface area contributed by atoms with E-state index < -0.39 is 28.5 Å². The molecule has 0 spiro atoms. The molecule has 5 heteroatoms. The van der Waals surface area contributed by atoms with Gasteiger partial charge >= 0.3 is 0 Å². The van der Waals surface area contributed by atoms with Crippen molar-refractivity contribution in [2.75, 3.05) is 0 Å². The van der Waals surface area contributed by atoms with Crippen LogP contribution in [0.5, 0.6) is 0 Å². The molecule has 3 saturated carbocycles. The maximum atomic E-state index is 14.2. The van der Waals surface area contributed by atoms with E-state index in [1.807, 2.05) is 33.8 Å². The maximum Gasteiger partial charge on any atom is 0.184 e. The topological polar surface area (TPSA) is 91.7 Å². The molecular formula is C30H44O5. The third-order valence-corrected chi connectivity index (χ3v) is 11.0. The first-order chi connectivity index (χ1) is 16.0. The van der Waals surface area contributed by atoms with E-state index >= 15 is 0 Å². The molecule has 4 aliphatic carbocycles. The maximum absolute atomic E-state index is 14.2. The van der Waals surface area contributed by atoms with Gasteiger partial charge in [0.05, 0.1) is 0 Å². The number of hydrogen-bond donors (Lipinski definition) is 2. The van der Waals surface area contributed by atoms with E-state index in [9.17, 15) is 24.6 Å². The number of carbonyl (C=O) groups excluding carboxylic acids is 3. The summed E-state index contributed by atoms with van der Waals surface area (Å²) < 4.78 is 0. The highest BCUT2D eigenvalue weighted by molar-refractivity contribution is 5.95. The van der Waals surface area contributed by atoms with Crippen molar-refractivity contribution >= 4 is 17.3 Å². The van der Waals surface area contributed by atoms with E-state index in [1.54, 1.807) is 0 Å². The summed E-state index contributed by atoms with van der Waals surface area (Å²) in [5.74, 6) is -0.303. The van der Waals surface area contributed by atoms with E-state index in [4.69, 9.17) is 0 Å². The van der Waals surface area contributed by atoms with Crippen molar-refractivity contribution in [3.05, 3.63) is 23.8 Å². The Morgan fingerprint density at radius 2 is 1.74 bits per heavy atom. The zero-order valence-corrected chi connectivity index (χ0v) is 22.7. The van der Waals surface area contributed by atoms with Crippen molar-refractivity contribution in [3.8, 4) is 0 Å². The second-order valence-corrected chi connectivity index (χ2v) is 13.6. The number of aliphatic hydroxyl groups excluding tert-OH is 2. The smallest absolute Gasteiger partial charge is 0.184 e. The van der Waals surface area contributed by atoms with Crippen LogP contribution in [0, 0.1) is 51.2 Å². The molecule has 0 aromatic rings. The molecule has 0 aliphatic heterocycles. The minimum absolute atomic E-state index is 0.101. The van der Waals surface area contributed by atoms with Crippen molar-refractivity contribution < 1.29 is 24.6 Å². The average Bonchev–Trinajstić information content (AvgIpc) is 3.02. The number of ketones is 3. The van der Waals surface area contributed by atoms with E-state index in [-0.39, 0.29) is 58.8 Å². The molecule has 9 atom stereocenters. The summed E-state index contributed by atoms with van der Waals surface area (Å²) in [7, 11) is 0. The fraction of sp³-hybridized carbons (Fsp3) is 0.767. The predicted octanol–water partition coefficient (Wildman–Crippen LogP) is 4.70. The van der Waals surface area contributed by atoms with Crippen molar-refractivity contribution in [3.63, 3.8) is 0 Å². The molecule has 0 heterocycles. The van der Waals surface area contributed by atoms with E-state index in [0.717, 1.165) is 12.0 Å². The number of fused-ring (bicyclic) bond motifs is 5. The highest BCUT2D eigenvalue weighted by Crippen LogP contribution is 2.73. The first-order valence-electron chi connectivity index (χ1n) is 13.4. The van der Waals surface area contributed by atoms with Crippen LogP contribution >= 0.6 is 0 Å². The van der Waals surface area contributed by atoms with E-state index in [2.05, 4.69) is 33.8 Å². The van der Waals surface area contributed by atoms with Crippen LogP contribution in [0.3, 0.4) is 0 Å². The van der Waals surface area contributed by atoms with Crippen molar-refractivity contribution in [1.82, 2.24) is 0 Å². The molecule has 0 amide bonds. The molecule has 4 aliphatic rings. The molecule has 4 rings (SSSR count). The summed E-state index contributed by atoms with van der Waals surface area (Å²) in [5.41, 5.74) is -1.37. The minimum atomic E-state index is -1.13. The Hall–Kier alpha value is -1.59. The van der Waals surface area contributed by atoms with Crippen molar-refractivity contribution in [2.24, 2.45) is 51.2 Å². The zero-order valence-electron chi connectivity index (χ0n) is 22.7. The van der Waals surface area contributed by atoms with Gasteiger partial charge < -0.3 is 10.2 Å². The second kappa shape index (κ2) is 8.21. The predicted molar refractivity (Wildman–Crippen MR) is 135 cm³/mol. The molecule has 2 N–H and O–H groups in total. The molecular weight excluding hydrogens is 440 g/mol. The normalized spacial score (nSPS) is 45.7. The summed E-state index contributed by atoms with van der Waals surface area (Å²) >= 11 is 0. The Kier molecular flexibility index (Phi) is 6.21. The van der Waals surface area contributed by atoms with Gasteiger partial charge in [-0.05, 0) is 73.7 Å². The monoisotopic (exact) mass is 484 g/mol. The van der Waals surface area contributed by atoms with Gasteiger partial charge in [0.2, 0.25) is 0 Å². The van der Waals surface area contributed by atoms with Gasteiger partial charge in [0, 0.05) is 23.2 Å². The fourth-order valence-electron chi connectivity index (χ4n) is 9.01. The minimum Gasteiger partial charge on any atom is -0.385 e. The van der Waals surface area contributed by atoms with E-state index in [0.29, 0.717) is 12.8 Å². The summed E-state index contributed by atoms with van der Waals surface area (Å²) in [6, 6.07) is 0. The molecule has 0 radical (unpaired) electrons. The van der Waals surface area contributed by atoms with Crippen molar-refractivity contribution in [1.29, 1.82) is 0 Å². The summed E-state index contributed by atoms with van der Waals surface area (Å²) in [4.78, 5) is 40.0. The molecule has 0 saturated heterocycles. The largest absolute Gasteiger partial charge is 0.385 e. The Morgan fingerprint density at radius 3 is 2.34 bits per heavy atom.